The zero-order valence-electron chi connectivity index (χ0n) is 10.9. The monoisotopic (exact) mass is 240 g/mol. The molecule has 1 unspecified atom stereocenters. The van der Waals surface area contributed by atoms with Gasteiger partial charge in [0.1, 0.15) is 0 Å². The molecule has 1 heterocycles. The third-order valence-corrected chi connectivity index (χ3v) is 3.98. The molecule has 1 amide bonds. The Balaban J connectivity index is 1.74. The summed E-state index contributed by atoms with van der Waals surface area (Å²) in [5.74, 6) is 0.213. The molecule has 2 aliphatic rings. The summed E-state index contributed by atoms with van der Waals surface area (Å²) in [6.07, 6.45) is 4.40. The van der Waals surface area contributed by atoms with Crippen LogP contribution in [0.4, 0.5) is 0 Å². The van der Waals surface area contributed by atoms with Crippen molar-refractivity contribution in [1.82, 2.24) is 10.6 Å². The number of hydrogen-bond donors (Lipinski definition) is 2. The molecule has 0 radical (unpaired) electrons. The fraction of sp³-hybridized carbons (Fsp3) is 0.923. The SMILES string of the molecule is CCOC1CC(NC(=O)C2(C)CCCNC2)C1. The van der Waals surface area contributed by atoms with Crippen molar-refractivity contribution in [2.24, 2.45) is 5.41 Å². The Hall–Kier alpha value is -0.610. The van der Waals surface area contributed by atoms with Gasteiger partial charge in [-0.25, -0.2) is 0 Å². The number of hydrogen-bond acceptors (Lipinski definition) is 3. The van der Waals surface area contributed by atoms with Crippen LogP contribution < -0.4 is 10.6 Å². The van der Waals surface area contributed by atoms with Gasteiger partial charge in [-0.05, 0) is 46.1 Å². The maximum absolute atomic E-state index is 12.2. The molecule has 1 aliphatic heterocycles. The van der Waals surface area contributed by atoms with Gasteiger partial charge in [0.25, 0.3) is 0 Å². The molecule has 1 saturated carbocycles. The van der Waals surface area contributed by atoms with Crippen molar-refractivity contribution in [2.75, 3.05) is 19.7 Å². The van der Waals surface area contributed by atoms with E-state index in [2.05, 4.69) is 17.6 Å². The summed E-state index contributed by atoms with van der Waals surface area (Å²) in [5, 5.41) is 6.47. The van der Waals surface area contributed by atoms with E-state index in [9.17, 15) is 4.79 Å². The molecular weight excluding hydrogens is 216 g/mol. The average Bonchev–Trinajstić information content (AvgIpc) is 2.27. The lowest BCUT2D eigenvalue weighted by Gasteiger charge is -2.39. The summed E-state index contributed by atoms with van der Waals surface area (Å²) in [6, 6.07) is 0.331. The predicted molar refractivity (Wildman–Crippen MR) is 66.8 cm³/mol. The van der Waals surface area contributed by atoms with E-state index in [-0.39, 0.29) is 11.3 Å². The largest absolute Gasteiger partial charge is 0.378 e. The highest BCUT2D eigenvalue weighted by Crippen LogP contribution is 2.28. The van der Waals surface area contributed by atoms with Crippen LogP contribution in [0.15, 0.2) is 0 Å². The molecule has 0 aromatic rings. The molecule has 2 N–H and O–H groups in total. The smallest absolute Gasteiger partial charge is 0.227 e. The molecule has 2 rings (SSSR count). The molecule has 17 heavy (non-hydrogen) atoms. The summed E-state index contributed by atoms with van der Waals surface area (Å²) >= 11 is 0. The van der Waals surface area contributed by atoms with Crippen LogP contribution in [0.5, 0.6) is 0 Å². The van der Waals surface area contributed by atoms with Gasteiger partial charge < -0.3 is 15.4 Å². The Morgan fingerprint density at radius 2 is 2.29 bits per heavy atom. The highest BCUT2D eigenvalue weighted by Gasteiger charge is 2.38. The first-order chi connectivity index (χ1) is 8.14. The Bertz CT molecular complexity index is 269. The molecule has 0 aromatic heterocycles. The van der Waals surface area contributed by atoms with Gasteiger partial charge in [0.15, 0.2) is 0 Å². The van der Waals surface area contributed by atoms with Crippen LogP contribution in [-0.4, -0.2) is 37.7 Å². The van der Waals surface area contributed by atoms with Gasteiger partial charge >= 0.3 is 0 Å². The molecular formula is C13H24N2O2. The van der Waals surface area contributed by atoms with Gasteiger partial charge in [-0.2, -0.15) is 0 Å². The third-order valence-electron chi connectivity index (χ3n) is 3.98. The number of carbonyl (C=O) groups excluding carboxylic acids is 1. The maximum Gasteiger partial charge on any atom is 0.227 e. The van der Waals surface area contributed by atoms with Crippen molar-refractivity contribution in [3.63, 3.8) is 0 Å². The molecule has 98 valence electrons. The highest BCUT2D eigenvalue weighted by molar-refractivity contribution is 5.83. The molecule has 2 fully saturated rings. The third kappa shape index (κ3) is 2.99. The Morgan fingerprint density at radius 3 is 2.88 bits per heavy atom. The van der Waals surface area contributed by atoms with E-state index in [0.29, 0.717) is 12.1 Å². The van der Waals surface area contributed by atoms with E-state index >= 15 is 0 Å². The second-order valence-corrected chi connectivity index (χ2v) is 5.56. The Morgan fingerprint density at radius 1 is 1.53 bits per heavy atom. The molecule has 1 saturated heterocycles. The zero-order chi connectivity index (χ0) is 12.3. The van der Waals surface area contributed by atoms with Crippen molar-refractivity contribution in [1.29, 1.82) is 0 Å². The molecule has 0 bridgehead atoms. The fourth-order valence-corrected chi connectivity index (χ4v) is 2.66. The second kappa shape index (κ2) is 5.36. The van der Waals surface area contributed by atoms with E-state index in [1.54, 1.807) is 0 Å². The van der Waals surface area contributed by atoms with Crippen molar-refractivity contribution >= 4 is 5.91 Å². The topological polar surface area (TPSA) is 50.4 Å². The standard InChI is InChI=1S/C13H24N2O2/c1-3-17-11-7-10(8-11)15-12(16)13(2)5-4-6-14-9-13/h10-11,14H,3-9H2,1-2H3,(H,15,16). The lowest BCUT2D eigenvalue weighted by atomic mass is 9.80. The van der Waals surface area contributed by atoms with Crippen LogP contribution in [0, 0.1) is 5.41 Å². The number of amides is 1. The van der Waals surface area contributed by atoms with Crippen LogP contribution in [0.2, 0.25) is 0 Å². The quantitative estimate of drug-likeness (QED) is 0.772. The fourth-order valence-electron chi connectivity index (χ4n) is 2.66. The van der Waals surface area contributed by atoms with Crippen LogP contribution in [-0.2, 0) is 9.53 Å². The van der Waals surface area contributed by atoms with Crippen molar-refractivity contribution < 1.29 is 9.53 Å². The van der Waals surface area contributed by atoms with Gasteiger partial charge in [-0.3, -0.25) is 4.79 Å². The molecule has 1 atom stereocenters. The van der Waals surface area contributed by atoms with Gasteiger partial charge in [-0.1, -0.05) is 0 Å². The summed E-state index contributed by atoms with van der Waals surface area (Å²) < 4.78 is 5.50. The first-order valence-electron chi connectivity index (χ1n) is 6.77. The van der Waals surface area contributed by atoms with Crippen LogP contribution in [0.3, 0.4) is 0 Å². The van der Waals surface area contributed by atoms with Crippen molar-refractivity contribution in [2.45, 2.75) is 51.7 Å². The zero-order valence-corrected chi connectivity index (χ0v) is 10.9. The minimum atomic E-state index is -0.213. The number of carbonyl (C=O) groups is 1. The van der Waals surface area contributed by atoms with Crippen LogP contribution in [0.25, 0.3) is 0 Å². The lowest BCUT2D eigenvalue weighted by molar-refractivity contribution is -0.133. The number of ether oxygens (including phenoxy) is 1. The van der Waals surface area contributed by atoms with E-state index in [1.165, 1.54) is 0 Å². The molecule has 0 spiro atoms. The van der Waals surface area contributed by atoms with Crippen LogP contribution in [0.1, 0.15) is 39.5 Å². The predicted octanol–water partition coefficient (Wildman–Crippen LogP) is 1.06. The van der Waals surface area contributed by atoms with Crippen LogP contribution >= 0.6 is 0 Å². The summed E-state index contributed by atoms with van der Waals surface area (Å²) in [6.45, 7) is 6.69. The van der Waals surface area contributed by atoms with Crippen molar-refractivity contribution in [3.05, 3.63) is 0 Å². The summed E-state index contributed by atoms with van der Waals surface area (Å²) in [5.41, 5.74) is -0.213. The minimum Gasteiger partial charge on any atom is -0.378 e. The normalized spacial score (nSPS) is 37.3. The Labute approximate surface area is 103 Å². The number of rotatable bonds is 4. The molecule has 4 heteroatoms. The first kappa shape index (κ1) is 12.8. The first-order valence-corrected chi connectivity index (χ1v) is 6.77. The van der Waals surface area contributed by atoms with E-state index in [0.717, 1.165) is 45.4 Å². The van der Waals surface area contributed by atoms with Gasteiger partial charge in [0.05, 0.1) is 11.5 Å². The summed E-state index contributed by atoms with van der Waals surface area (Å²) in [7, 11) is 0. The van der Waals surface area contributed by atoms with E-state index < -0.39 is 0 Å². The van der Waals surface area contributed by atoms with Crippen molar-refractivity contribution in [3.8, 4) is 0 Å². The van der Waals surface area contributed by atoms with E-state index in [1.807, 2.05) is 6.92 Å². The maximum atomic E-state index is 12.2. The number of nitrogens with one attached hydrogen (secondary N) is 2. The average molecular weight is 240 g/mol. The molecule has 0 aromatic carbocycles. The van der Waals surface area contributed by atoms with E-state index in [4.69, 9.17) is 4.74 Å². The highest BCUT2D eigenvalue weighted by atomic mass is 16.5. The Kier molecular flexibility index (Phi) is 4.05. The minimum absolute atomic E-state index is 0.213. The number of piperidine rings is 1. The van der Waals surface area contributed by atoms with Gasteiger partial charge in [0.2, 0.25) is 5.91 Å². The van der Waals surface area contributed by atoms with Gasteiger partial charge in [-0.15, -0.1) is 0 Å². The second-order valence-electron chi connectivity index (χ2n) is 5.56. The summed E-state index contributed by atoms with van der Waals surface area (Å²) in [4.78, 5) is 12.2. The molecule has 1 aliphatic carbocycles. The molecule has 4 nitrogen and oxygen atoms in total. The lowest BCUT2D eigenvalue weighted by Crippen LogP contribution is -2.55. The van der Waals surface area contributed by atoms with Gasteiger partial charge in [0, 0.05) is 19.2 Å².